The van der Waals surface area contributed by atoms with Crippen molar-refractivity contribution in [2.24, 2.45) is 5.92 Å². The average molecular weight is 240 g/mol. The largest absolute Gasteiger partial charge is 0.390 e. The highest BCUT2D eigenvalue weighted by molar-refractivity contribution is 5.69. The van der Waals surface area contributed by atoms with E-state index >= 15 is 0 Å². The molecule has 0 amide bonds. The van der Waals surface area contributed by atoms with Crippen LogP contribution in [0.15, 0.2) is 36.8 Å². The van der Waals surface area contributed by atoms with Gasteiger partial charge in [-0.2, -0.15) is 0 Å². The van der Waals surface area contributed by atoms with Gasteiger partial charge in [0.05, 0.1) is 29.9 Å². The van der Waals surface area contributed by atoms with Gasteiger partial charge in [0.1, 0.15) is 0 Å². The lowest BCUT2D eigenvalue weighted by molar-refractivity contribution is -0.0924. The number of hydrogen-bond acceptors (Lipinski definition) is 2. The molecule has 3 nitrogen and oxygen atoms in total. The van der Waals surface area contributed by atoms with Crippen LogP contribution < -0.4 is 0 Å². The summed E-state index contributed by atoms with van der Waals surface area (Å²) in [4.78, 5) is 4.26. The maximum Gasteiger partial charge on any atom is 0.0956 e. The Morgan fingerprint density at radius 3 is 2.94 bits per heavy atom. The molecule has 0 radical (unpaired) electrons. The highest BCUT2D eigenvalue weighted by Crippen LogP contribution is 2.52. The Morgan fingerprint density at radius 2 is 2.22 bits per heavy atom. The molecule has 92 valence electrons. The summed E-state index contributed by atoms with van der Waals surface area (Å²) in [6.07, 6.45) is 5.81. The van der Waals surface area contributed by atoms with E-state index in [4.69, 9.17) is 0 Å². The normalized spacial score (nSPS) is 32.8. The van der Waals surface area contributed by atoms with Crippen LogP contribution in [0.4, 0.5) is 0 Å². The summed E-state index contributed by atoms with van der Waals surface area (Å²) in [5, 5.41) is 10.4. The molecule has 1 aliphatic heterocycles. The highest BCUT2D eigenvalue weighted by atomic mass is 16.3. The minimum Gasteiger partial charge on any atom is -0.390 e. The summed E-state index contributed by atoms with van der Waals surface area (Å²) in [6.45, 7) is 1.96. The van der Waals surface area contributed by atoms with Crippen LogP contribution in [0.25, 0.3) is 11.3 Å². The predicted octanol–water partition coefficient (Wildman–Crippen LogP) is 2.61. The third-order valence-corrected chi connectivity index (χ3v) is 4.66. The lowest BCUT2D eigenvalue weighted by Gasteiger charge is -2.46. The second-order valence-electron chi connectivity index (χ2n) is 5.72. The molecule has 1 unspecified atom stereocenters. The van der Waals surface area contributed by atoms with Crippen LogP contribution in [-0.2, 0) is 0 Å². The molecule has 3 atom stereocenters. The fourth-order valence-electron chi connectivity index (χ4n) is 3.51. The topological polar surface area (TPSA) is 38.1 Å². The van der Waals surface area contributed by atoms with Crippen molar-refractivity contribution in [1.29, 1.82) is 0 Å². The van der Waals surface area contributed by atoms with E-state index in [1.165, 1.54) is 16.8 Å². The lowest BCUT2D eigenvalue weighted by Crippen LogP contribution is -2.48. The van der Waals surface area contributed by atoms with Gasteiger partial charge in [-0.1, -0.05) is 24.3 Å². The SMILES string of the molecule is C[C@]1(O)CC[C@@H]1C1c2ccccc2-c2cncn21. The molecular weight excluding hydrogens is 224 g/mol. The summed E-state index contributed by atoms with van der Waals surface area (Å²) in [5.74, 6) is 0.300. The van der Waals surface area contributed by atoms with Gasteiger partial charge in [-0.25, -0.2) is 4.98 Å². The number of aromatic nitrogens is 2. The van der Waals surface area contributed by atoms with E-state index in [9.17, 15) is 5.11 Å². The maximum absolute atomic E-state index is 10.4. The fraction of sp³-hybridized carbons (Fsp3) is 0.400. The van der Waals surface area contributed by atoms with Crippen LogP contribution in [0.2, 0.25) is 0 Å². The number of hydrogen-bond donors (Lipinski definition) is 1. The smallest absolute Gasteiger partial charge is 0.0956 e. The second-order valence-corrected chi connectivity index (χ2v) is 5.72. The van der Waals surface area contributed by atoms with Crippen LogP contribution in [0.5, 0.6) is 0 Å². The van der Waals surface area contributed by atoms with Crippen LogP contribution >= 0.6 is 0 Å². The van der Waals surface area contributed by atoms with Gasteiger partial charge in [-0.05, 0) is 25.3 Å². The van der Waals surface area contributed by atoms with Crippen molar-refractivity contribution in [2.45, 2.75) is 31.4 Å². The van der Waals surface area contributed by atoms with Crippen molar-refractivity contribution < 1.29 is 5.11 Å². The molecule has 1 fully saturated rings. The Labute approximate surface area is 106 Å². The van der Waals surface area contributed by atoms with Crippen LogP contribution in [0, 0.1) is 5.92 Å². The Hall–Kier alpha value is -1.61. The monoisotopic (exact) mass is 240 g/mol. The van der Waals surface area contributed by atoms with Crippen LogP contribution in [-0.4, -0.2) is 20.3 Å². The Balaban J connectivity index is 1.90. The van der Waals surface area contributed by atoms with E-state index in [1.54, 1.807) is 0 Å². The van der Waals surface area contributed by atoms with Gasteiger partial charge >= 0.3 is 0 Å². The quantitative estimate of drug-likeness (QED) is 0.832. The summed E-state index contributed by atoms with van der Waals surface area (Å²) >= 11 is 0. The summed E-state index contributed by atoms with van der Waals surface area (Å²) in [6, 6.07) is 8.73. The van der Waals surface area contributed by atoms with Gasteiger partial charge < -0.3 is 9.67 Å². The van der Waals surface area contributed by atoms with Crippen LogP contribution in [0.3, 0.4) is 0 Å². The number of benzene rings is 1. The van der Waals surface area contributed by atoms with Gasteiger partial charge in [0, 0.05) is 11.5 Å². The van der Waals surface area contributed by atoms with Gasteiger partial charge in [-0.15, -0.1) is 0 Å². The molecule has 1 N–H and O–H groups in total. The van der Waals surface area contributed by atoms with Crippen molar-refractivity contribution in [3.05, 3.63) is 42.4 Å². The van der Waals surface area contributed by atoms with E-state index in [0.29, 0.717) is 5.92 Å². The molecule has 3 heteroatoms. The van der Waals surface area contributed by atoms with E-state index in [1.807, 2.05) is 19.4 Å². The van der Waals surface area contributed by atoms with Crippen LogP contribution in [0.1, 0.15) is 31.4 Å². The molecule has 0 bridgehead atoms. The highest BCUT2D eigenvalue weighted by Gasteiger charge is 2.49. The summed E-state index contributed by atoms with van der Waals surface area (Å²) in [5.41, 5.74) is 3.24. The minimum absolute atomic E-state index is 0.252. The molecule has 1 aliphatic carbocycles. The Morgan fingerprint density at radius 1 is 1.39 bits per heavy atom. The van der Waals surface area contributed by atoms with Gasteiger partial charge in [0.15, 0.2) is 0 Å². The lowest BCUT2D eigenvalue weighted by atomic mass is 9.65. The first-order valence-electron chi connectivity index (χ1n) is 6.52. The van der Waals surface area contributed by atoms with E-state index in [-0.39, 0.29) is 6.04 Å². The third kappa shape index (κ3) is 1.15. The zero-order chi connectivity index (χ0) is 12.3. The molecule has 1 aromatic carbocycles. The number of nitrogens with zero attached hydrogens (tertiary/aromatic N) is 2. The minimum atomic E-state index is -0.538. The fourth-order valence-corrected chi connectivity index (χ4v) is 3.51. The number of rotatable bonds is 1. The Bertz CT molecular complexity index is 614. The van der Waals surface area contributed by atoms with E-state index in [2.05, 4.69) is 33.8 Å². The number of fused-ring (bicyclic) bond motifs is 3. The molecular formula is C15H16N2O. The first-order chi connectivity index (χ1) is 8.68. The molecule has 18 heavy (non-hydrogen) atoms. The number of aliphatic hydroxyl groups is 1. The zero-order valence-electron chi connectivity index (χ0n) is 10.4. The Kier molecular flexibility index (Phi) is 1.86. The van der Waals surface area contributed by atoms with Crippen molar-refractivity contribution in [1.82, 2.24) is 9.55 Å². The van der Waals surface area contributed by atoms with Gasteiger partial charge in [0.25, 0.3) is 0 Å². The molecule has 0 spiro atoms. The second kappa shape index (κ2) is 3.23. The van der Waals surface area contributed by atoms with E-state index < -0.39 is 5.60 Å². The standard InChI is InChI=1S/C15H16N2O/c1-15(18)7-6-12(15)14-11-5-3-2-4-10(11)13-8-16-9-17(13)14/h2-5,8-9,12,14,18H,6-7H2,1H3/t12-,14?,15+/m1/s1. The molecule has 2 aliphatic rings. The molecule has 4 rings (SSSR count). The first kappa shape index (κ1) is 10.3. The van der Waals surface area contributed by atoms with Crippen molar-refractivity contribution in [3.63, 3.8) is 0 Å². The predicted molar refractivity (Wildman–Crippen MR) is 69.1 cm³/mol. The number of imidazole rings is 1. The summed E-state index contributed by atoms with van der Waals surface area (Å²) < 4.78 is 2.23. The first-order valence-corrected chi connectivity index (χ1v) is 6.52. The molecule has 2 heterocycles. The van der Waals surface area contributed by atoms with E-state index in [0.717, 1.165) is 12.8 Å². The van der Waals surface area contributed by atoms with Crippen molar-refractivity contribution in [3.8, 4) is 11.3 Å². The van der Waals surface area contributed by atoms with Crippen molar-refractivity contribution >= 4 is 0 Å². The molecule has 1 saturated carbocycles. The van der Waals surface area contributed by atoms with Crippen molar-refractivity contribution in [2.75, 3.05) is 0 Å². The third-order valence-electron chi connectivity index (χ3n) is 4.66. The molecule has 1 aromatic heterocycles. The molecule has 2 aromatic rings. The van der Waals surface area contributed by atoms with Gasteiger partial charge in [-0.3, -0.25) is 0 Å². The maximum atomic E-state index is 10.4. The average Bonchev–Trinajstić information content (AvgIpc) is 2.92. The molecule has 0 saturated heterocycles. The summed E-state index contributed by atoms with van der Waals surface area (Å²) in [7, 11) is 0. The zero-order valence-corrected chi connectivity index (χ0v) is 10.4. The van der Waals surface area contributed by atoms with Gasteiger partial charge in [0.2, 0.25) is 0 Å².